The number of carbonyl (C=O) groups excluding carboxylic acids is 2. The molecular formula is C22H16N3O6-. The molecule has 0 spiro atoms. The van der Waals surface area contributed by atoms with Crippen LogP contribution in [-0.4, -0.2) is 16.7 Å². The van der Waals surface area contributed by atoms with E-state index in [9.17, 15) is 24.8 Å². The molecule has 156 valence electrons. The number of non-ortho nitro benzene ring substituents is 1. The van der Waals surface area contributed by atoms with Crippen LogP contribution in [0, 0.1) is 24.0 Å². The number of carbonyl (C=O) groups is 2. The number of hydrogen-bond donors (Lipinski definition) is 1. The Morgan fingerprint density at radius 2 is 1.81 bits per heavy atom. The predicted molar refractivity (Wildman–Crippen MR) is 110 cm³/mol. The van der Waals surface area contributed by atoms with Crippen LogP contribution in [-0.2, 0) is 9.59 Å². The molecule has 1 aliphatic rings. The van der Waals surface area contributed by atoms with E-state index < -0.39 is 22.5 Å². The van der Waals surface area contributed by atoms with Crippen molar-refractivity contribution in [3.05, 3.63) is 81.1 Å². The molecule has 0 atom stereocenters. The third-order valence-corrected chi connectivity index (χ3v) is 4.99. The van der Waals surface area contributed by atoms with E-state index in [1.807, 2.05) is 19.9 Å². The summed E-state index contributed by atoms with van der Waals surface area (Å²) in [5.74, 6) is -1.35. The summed E-state index contributed by atoms with van der Waals surface area (Å²) in [7, 11) is 0. The summed E-state index contributed by atoms with van der Waals surface area (Å²) in [5.41, 5.74) is 4.69. The summed E-state index contributed by atoms with van der Waals surface area (Å²) in [6.07, 6.45) is 1.27. The molecule has 9 nitrogen and oxygen atoms in total. The van der Waals surface area contributed by atoms with Gasteiger partial charge in [0.25, 0.3) is 17.5 Å². The predicted octanol–water partition coefficient (Wildman–Crippen LogP) is 3.01. The molecule has 1 aliphatic heterocycles. The molecule has 31 heavy (non-hydrogen) atoms. The van der Waals surface area contributed by atoms with E-state index in [1.54, 1.807) is 12.1 Å². The van der Waals surface area contributed by atoms with Gasteiger partial charge in [-0.3, -0.25) is 25.1 Å². The minimum Gasteiger partial charge on any atom is -0.872 e. The van der Waals surface area contributed by atoms with Gasteiger partial charge in [-0.15, -0.1) is 0 Å². The Hall–Kier alpha value is -4.40. The van der Waals surface area contributed by atoms with Crippen LogP contribution >= 0.6 is 0 Å². The number of nitro groups is 1. The van der Waals surface area contributed by atoms with E-state index in [-0.39, 0.29) is 28.3 Å². The first-order valence-electron chi connectivity index (χ1n) is 9.24. The maximum absolute atomic E-state index is 12.8. The number of nitrogens with zero attached hydrogens (tertiary/aromatic N) is 2. The van der Waals surface area contributed by atoms with E-state index in [4.69, 9.17) is 4.42 Å². The summed E-state index contributed by atoms with van der Waals surface area (Å²) in [4.78, 5) is 35.5. The van der Waals surface area contributed by atoms with Gasteiger partial charge in [-0.1, -0.05) is 17.9 Å². The molecule has 0 aliphatic carbocycles. The number of benzene rings is 2. The number of furan rings is 1. The molecule has 1 N–H and O–H groups in total. The van der Waals surface area contributed by atoms with Crippen molar-refractivity contribution in [3.63, 3.8) is 0 Å². The molecular weight excluding hydrogens is 402 g/mol. The highest BCUT2D eigenvalue weighted by molar-refractivity contribution is 6.31. The molecule has 0 saturated carbocycles. The maximum Gasteiger partial charge on any atom is 0.282 e. The van der Waals surface area contributed by atoms with Crippen molar-refractivity contribution in [2.45, 2.75) is 13.8 Å². The topological polar surface area (TPSA) is 129 Å². The normalized spacial score (nSPS) is 14.9. The minimum atomic E-state index is -0.613. The van der Waals surface area contributed by atoms with Gasteiger partial charge in [0.1, 0.15) is 17.1 Å². The molecule has 0 radical (unpaired) electrons. The number of hydrazine groups is 1. The summed E-state index contributed by atoms with van der Waals surface area (Å²) in [6.45, 7) is 3.85. The first kappa shape index (κ1) is 19.9. The largest absolute Gasteiger partial charge is 0.872 e. The summed E-state index contributed by atoms with van der Waals surface area (Å²) < 4.78 is 5.57. The molecule has 1 saturated heterocycles. The first-order chi connectivity index (χ1) is 14.7. The second kappa shape index (κ2) is 7.45. The standard InChI is InChI=1S/C22H17N3O6/c1-12-3-4-14(9-13(12)2)24-22(28)18(21(27)23-24)11-16-6-8-20(31-16)17-10-15(25(29)30)5-7-19(17)26/h3-11,26H,1-2H3,(H,23,27)/p-1/b18-11-. The van der Waals surface area contributed by atoms with Gasteiger partial charge < -0.3 is 9.52 Å². The zero-order valence-electron chi connectivity index (χ0n) is 16.5. The van der Waals surface area contributed by atoms with Crippen LogP contribution in [0.15, 0.2) is 58.5 Å². The monoisotopic (exact) mass is 418 g/mol. The van der Waals surface area contributed by atoms with Gasteiger partial charge in [-0.2, -0.15) is 0 Å². The zero-order valence-corrected chi connectivity index (χ0v) is 16.5. The van der Waals surface area contributed by atoms with E-state index in [1.165, 1.54) is 18.2 Å². The number of anilines is 1. The van der Waals surface area contributed by atoms with Gasteiger partial charge in [0.05, 0.1) is 10.6 Å². The van der Waals surface area contributed by atoms with Gasteiger partial charge in [0.15, 0.2) is 0 Å². The van der Waals surface area contributed by atoms with Gasteiger partial charge >= 0.3 is 0 Å². The van der Waals surface area contributed by atoms with Crippen LogP contribution in [0.25, 0.3) is 17.4 Å². The molecule has 1 fully saturated rings. The van der Waals surface area contributed by atoms with Crippen molar-refractivity contribution < 1.29 is 24.0 Å². The van der Waals surface area contributed by atoms with Gasteiger partial charge in [-0.05, 0) is 55.3 Å². The molecule has 4 rings (SSSR count). The molecule has 0 unspecified atom stereocenters. The van der Waals surface area contributed by atoms with Crippen LogP contribution in [0.1, 0.15) is 16.9 Å². The quantitative estimate of drug-likeness (QED) is 0.300. The maximum atomic E-state index is 12.8. The fraction of sp³-hybridized carbons (Fsp3) is 0.0909. The van der Waals surface area contributed by atoms with E-state index in [0.29, 0.717) is 5.69 Å². The van der Waals surface area contributed by atoms with Crippen molar-refractivity contribution in [2.75, 3.05) is 5.01 Å². The van der Waals surface area contributed by atoms with E-state index in [2.05, 4.69) is 5.43 Å². The smallest absolute Gasteiger partial charge is 0.282 e. The summed E-state index contributed by atoms with van der Waals surface area (Å²) in [6, 6.07) is 11.6. The Labute approximate surface area is 176 Å². The lowest BCUT2D eigenvalue weighted by Gasteiger charge is -2.15. The number of rotatable bonds is 4. The highest BCUT2D eigenvalue weighted by atomic mass is 16.6. The first-order valence-corrected chi connectivity index (χ1v) is 9.24. The lowest BCUT2D eigenvalue weighted by atomic mass is 10.1. The second-order valence-electron chi connectivity index (χ2n) is 7.05. The fourth-order valence-corrected chi connectivity index (χ4v) is 3.15. The number of nitrogens with one attached hydrogen (secondary N) is 1. The molecule has 1 aromatic heterocycles. The van der Waals surface area contributed by atoms with Crippen LogP contribution in [0.5, 0.6) is 5.75 Å². The molecule has 2 aromatic carbocycles. The third-order valence-electron chi connectivity index (χ3n) is 4.99. The highest BCUT2D eigenvalue weighted by Crippen LogP contribution is 2.33. The minimum absolute atomic E-state index is 0.0119. The van der Waals surface area contributed by atoms with Gasteiger partial charge in [0, 0.05) is 17.7 Å². The number of hydrogen-bond acceptors (Lipinski definition) is 6. The Kier molecular flexibility index (Phi) is 4.78. The lowest BCUT2D eigenvalue weighted by Crippen LogP contribution is -2.35. The fourth-order valence-electron chi connectivity index (χ4n) is 3.15. The van der Waals surface area contributed by atoms with Crippen LogP contribution in [0.3, 0.4) is 0 Å². The van der Waals surface area contributed by atoms with Crippen LogP contribution in [0.4, 0.5) is 11.4 Å². The molecule has 9 heteroatoms. The Bertz CT molecular complexity index is 1270. The van der Waals surface area contributed by atoms with Gasteiger partial charge in [-0.25, -0.2) is 5.01 Å². The SMILES string of the molecule is Cc1ccc(N2NC(=O)/C(=C/c3ccc(-c4cc([N+](=O)[O-])ccc4[O-])o3)C2=O)cc1C. The number of nitro benzene ring substituents is 1. The van der Waals surface area contributed by atoms with Crippen molar-refractivity contribution in [1.29, 1.82) is 0 Å². The average Bonchev–Trinajstić information content (AvgIpc) is 3.30. The molecule has 3 aromatic rings. The van der Waals surface area contributed by atoms with Crippen molar-refractivity contribution >= 4 is 29.3 Å². The zero-order chi connectivity index (χ0) is 22.3. The average molecular weight is 418 g/mol. The highest BCUT2D eigenvalue weighted by Gasteiger charge is 2.34. The Morgan fingerprint density at radius 3 is 2.52 bits per heavy atom. The molecule has 2 heterocycles. The summed E-state index contributed by atoms with van der Waals surface area (Å²) in [5, 5.41) is 24.2. The Balaban J connectivity index is 1.64. The van der Waals surface area contributed by atoms with Crippen LogP contribution in [0.2, 0.25) is 0 Å². The number of aryl methyl sites for hydroxylation is 2. The second-order valence-corrected chi connectivity index (χ2v) is 7.05. The summed E-state index contributed by atoms with van der Waals surface area (Å²) >= 11 is 0. The molecule has 0 bridgehead atoms. The van der Waals surface area contributed by atoms with Gasteiger partial charge in [0.2, 0.25) is 0 Å². The Morgan fingerprint density at radius 1 is 1.03 bits per heavy atom. The van der Waals surface area contributed by atoms with Crippen molar-refractivity contribution in [1.82, 2.24) is 5.43 Å². The third kappa shape index (κ3) is 3.64. The number of amides is 2. The van der Waals surface area contributed by atoms with Crippen molar-refractivity contribution in [3.8, 4) is 17.1 Å². The van der Waals surface area contributed by atoms with E-state index in [0.717, 1.165) is 34.3 Å². The van der Waals surface area contributed by atoms with Crippen LogP contribution < -0.4 is 15.5 Å². The van der Waals surface area contributed by atoms with E-state index >= 15 is 0 Å². The lowest BCUT2D eigenvalue weighted by molar-refractivity contribution is -0.385. The van der Waals surface area contributed by atoms with Crippen molar-refractivity contribution in [2.24, 2.45) is 0 Å². The molecule has 2 amide bonds.